The Morgan fingerprint density at radius 2 is 1.97 bits per heavy atom. The van der Waals surface area contributed by atoms with Gasteiger partial charge >= 0.3 is 0 Å². The molecule has 0 spiro atoms. The highest BCUT2D eigenvalue weighted by molar-refractivity contribution is 6.33. The molecule has 3 rings (SSSR count). The molecular weight excluding hydrogens is 408 g/mol. The minimum Gasteiger partial charge on any atom is -0.376 e. The van der Waals surface area contributed by atoms with Gasteiger partial charge in [0, 0.05) is 43.5 Å². The largest absolute Gasteiger partial charge is 0.376 e. The summed E-state index contributed by atoms with van der Waals surface area (Å²) in [5.41, 5.74) is 2.08. The van der Waals surface area contributed by atoms with Crippen molar-refractivity contribution in [1.29, 1.82) is 0 Å². The number of carbonyl (C=O) groups excluding carboxylic acids is 2. The van der Waals surface area contributed by atoms with Gasteiger partial charge in [0.15, 0.2) is 0 Å². The number of hydrogen-bond donors (Lipinski definition) is 1. The Labute approximate surface area is 179 Å². The molecule has 1 fully saturated rings. The maximum atomic E-state index is 13.0. The first-order valence-corrected chi connectivity index (χ1v) is 9.90. The molecule has 0 aromatic heterocycles. The lowest BCUT2D eigenvalue weighted by atomic mass is 10.1. The maximum absolute atomic E-state index is 13.0. The Morgan fingerprint density at radius 3 is 2.57 bits per heavy atom. The molecule has 158 valence electrons. The molecule has 1 N–H and O–H groups in total. The molecule has 0 aliphatic carbocycles. The molecular formula is C21H23ClN4O4. The zero-order valence-electron chi connectivity index (χ0n) is 17.0. The highest BCUT2D eigenvalue weighted by atomic mass is 35.5. The number of nitro benzene ring substituents is 1. The molecule has 1 heterocycles. The van der Waals surface area contributed by atoms with Crippen molar-refractivity contribution in [3.8, 4) is 0 Å². The van der Waals surface area contributed by atoms with E-state index < -0.39 is 11.0 Å². The number of nitro groups is 1. The molecule has 0 saturated carbocycles. The number of carbonyl (C=O) groups is 2. The van der Waals surface area contributed by atoms with Gasteiger partial charge in [-0.15, -0.1) is 0 Å². The van der Waals surface area contributed by atoms with E-state index in [0.29, 0.717) is 41.2 Å². The van der Waals surface area contributed by atoms with Crippen LogP contribution in [0, 0.1) is 17.0 Å². The van der Waals surface area contributed by atoms with E-state index in [-0.39, 0.29) is 17.5 Å². The summed E-state index contributed by atoms with van der Waals surface area (Å²) in [6.07, 6.45) is 1.25. The van der Waals surface area contributed by atoms with Gasteiger partial charge in [0.05, 0.1) is 15.6 Å². The topological polar surface area (TPSA) is 95.8 Å². The van der Waals surface area contributed by atoms with Crippen LogP contribution in [0.3, 0.4) is 0 Å². The molecule has 30 heavy (non-hydrogen) atoms. The molecule has 1 saturated heterocycles. The van der Waals surface area contributed by atoms with Gasteiger partial charge in [-0.2, -0.15) is 0 Å². The highest BCUT2D eigenvalue weighted by Gasteiger charge is 2.35. The molecule has 1 aliphatic rings. The number of benzene rings is 2. The fourth-order valence-electron chi connectivity index (χ4n) is 3.61. The number of hydrogen-bond acceptors (Lipinski definition) is 5. The Hall–Kier alpha value is -3.13. The fourth-order valence-corrected chi connectivity index (χ4v) is 3.96. The van der Waals surface area contributed by atoms with Gasteiger partial charge < -0.3 is 15.1 Å². The maximum Gasteiger partial charge on any atom is 0.272 e. The Bertz CT molecular complexity index is 1010. The van der Waals surface area contributed by atoms with E-state index in [4.69, 9.17) is 11.6 Å². The lowest BCUT2D eigenvalue weighted by Gasteiger charge is -2.24. The summed E-state index contributed by atoms with van der Waals surface area (Å²) in [4.78, 5) is 39.7. The van der Waals surface area contributed by atoms with Crippen molar-refractivity contribution in [1.82, 2.24) is 4.90 Å². The number of rotatable bonds is 5. The van der Waals surface area contributed by atoms with Crippen molar-refractivity contribution in [2.24, 2.45) is 0 Å². The van der Waals surface area contributed by atoms with Crippen molar-refractivity contribution in [3.63, 3.8) is 0 Å². The fraction of sp³-hybridized carbons (Fsp3) is 0.333. The number of amides is 2. The van der Waals surface area contributed by atoms with Gasteiger partial charge in [-0.05, 0) is 50.1 Å². The van der Waals surface area contributed by atoms with Gasteiger partial charge in [0.1, 0.15) is 6.04 Å². The first-order chi connectivity index (χ1) is 14.2. The average molecular weight is 431 g/mol. The van der Waals surface area contributed by atoms with Crippen LogP contribution in [0.2, 0.25) is 5.02 Å². The minimum atomic E-state index is -0.611. The second-order valence-corrected chi connectivity index (χ2v) is 7.87. The SMILES string of the molecule is Cc1cc(C(=O)N2CCCC2C(=O)Nc2ccc(N(C)C)c(Cl)c2)ccc1[N+](=O)[O-]. The Kier molecular flexibility index (Phi) is 6.26. The molecule has 8 nitrogen and oxygen atoms in total. The van der Waals surface area contributed by atoms with Crippen molar-refractivity contribution >= 4 is 40.5 Å². The Morgan fingerprint density at radius 1 is 1.23 bits per heavy atom. The third kappa shape index (κ3) is 4.38. The standard InChI is InChI=1S/C21H23ClN4O4/c1-13-11-14(6-8-17(13)26(29)30)21(28)25-10-4-5-19(25)20(27)23-15-7-9-18(24(2)3)16(22)12-15/h6-9,11-12,19H,4-5,10H2,1-3H3,(H,23,27). The van der Waals surface area contributed by atoms with E-state index in [1.165, 1.54) is 23.1 Å². The first-order valence-electron chi connectivity index (χ1n) is 9.53. The smallest absolute Gasteiger partial charge is 0.272 e. The molecule has 9 heteroatoms. The van der Waals surface area contributed by atoms with Crippen LogP contribution in [-0.2, 0) is 4.79 Å². The van der Waals surface area contributed by atoms with E-state index in [0.717, 1.165) is 5.69 Å². The van der Waals surface area contributed by atoms with Gasteiger partial charge in [-0.25, -0.2) is 0 Å². The molecule has 1 aliphatic heterocycles. The summed E-state index contributed by atoms with van der Waals surface area (Å²) in [6, 6.07) is 8.89. The van der Waals surface area contributed by atoms with Crippen LogP contribution >= 0.6 is 11.6 Å². The number of nitrogens with one attached hydrogen (secondary N) is 1. The van der Waals surface area contributed by atoms with Crippen LogP contribution in [0.1, 0.15) is 28.8 Å². The summed E-state index contributed by atoms with van der Waals surface area (Å²) in [7, 11) is 3.75. The normalized spacial score (nSPS) is 15.7. The lowest BCUT2D eigenvalue weighted by molar-refractivity contribution is -0.385. The van der Waals surface area contributed by atoms with Crippen LogP contribution < -0.4 is 10.2 Å². The summed E-state index contributed by atoms with van der Waals surface area (Å²) in [6.45, 7) is 2.04. The summed E-state index contributed by atoms with van der Waals surface area (Å²) < 4.78 is 0. The van der Waals surface area contributed by atoms with Gasteiger partial charge in [0.25, 0.3) is 11.6 Å². The van der Waals surface area contributed by atoms with Gasteiger partial charge in [0.2, 0.25) is 5.91 Å². The van der Waals surface area contributed by atoms with Gasteiger partial charge in [-0.1, -0.05) is 11.6 Å². The number of anilines is 2. The van der Waals surface area contributed by atoms with Crippen molar-refractivity contribution in [3.05, 3.63) is 62.7 Å². The molecule has 0 radical (unpaired) electrons. The molecule has 1 unspecified atom stereocenters. The lowest BCUT2D eigenvalue weighted by Crippen LogP contribution is -2.43. The Balaban J connectivity index is 1.76. The van der Waals surface area contributed by atoms with E-state index in [2.05, 4.69) is 5.32 Å². The minimum absolute atomic E-state index is 0.0414. The van der Waals surface area contributed by atoms with Crippen LogP contribution in [0.4, 0.5) is 17.1 Å². The third-order valence-electron chi connectivity index (χ3n) is 5.15. The van der Waals surface area contributed by atoms with Crippen LogP contribution in [0.5, 0.6) is 0 Å². The molecule has 0 bridgehead atoms. The zero-order chi connectivity index (χ0) is 22.0. The zero-order valence-corrected chi connectivity index (χ0v) is 17.8. The van der Waals surface area contributed by atoms with Crippen LogP contribution in [-0.4, -0.2) is 48.3 Å². The van der Waals surface area contributed by atoms with Crippen molar-refractivity contribution < 1.29 is 14.5 Å². The first kappa shape index (κ1) is 21.6. The second kappa shape index (κ2) is 8.71. The predicted molar refractivity (Wildman–Crippen MR) is 116 cm³/mol. The van der Waals surface area contributed by atoms with E-state index >= 15 is 0 Å². The average Bonchev–Trinajstić information content (AvgIpc) is 3.16. The highest BCUT2D eigenvalue weighted by Crippen LogP contribution is 2.29. The predicted octanol–water partition coefficient (Wildman–Crippen LogP) is 3.87. The monoisotopic (exact) mass is 430 g/mol. The third-order valence-corrected chi connectivity index (χ3v) is 5.46. The quantitative estimate of drug-likeness (QED) is 0.573. The van der Waals surface area contributed by atoms with Crippen LogP contribution in [0.25, 0.3) is 0 Å². The molecule has 2 amide bonds. The van der Waals surface area contributed by atoms with E-state index in [1.54, 1.807) is 19.1 Å². The second-order valence-electron chi connectivity index (χ2n) is 7.46. The number of likely N-dealkylation sites (tertiary alicyclic amines) is 1. The van der Waals surface area contributed by atoms with E-state index in [9.17, 15) is 19.7 Å². The number of halogens is 1. The molecule has 2 aromatic carbocycles. The van der Waals surface area contributed by atoms with Crippen LogP contribution in [0.15, 0.2) is 36.4 Å². The van der Waals surface area contributed by atoms with Crippen molar-refractivity contribution in [2.75, 3.05) is 30.9 Å². The van der Waals surface area contributed by atoms with E-state index in [1.807, 2.05) is 25.1 Å². The molecule has 2 aromatic rings. The number of nitrogens with zero attached hydrogens (tertiary/aromatic N) is 3. The van der Waals surface area contributed by atoms with Crippen molar-refractivity contribution in [2.45, 2.75) is 25.8 Å². The molecule has 1 atom stereocenters. The summed E-state index contributed by atoms with van der Waals surface area (Å²) >= 11 is 6.27. The number of aryl methyl sites for hydroxylation is 1. The summed E-state index contributed by atoms with van der Waals surface area (Å²) in [5, 5.41) is 14.4. The van der Waals surface area contributed by atoms with Gasteiger partial charge in [-0.3, -0.25) is 19.7 Å². The summed E-state index contributed by atoms with van der Waals surface area (Å²) in [5.74, 6) is -0.597.